The normalized spacial score (nSPS) is 16.2. The maximum Gasteiger partial charge on any atom is 0.146 e. The van der Waals surface area contributed by atoms with Crippen molar-refractivity contribution in [2.75, 3.05) is 38.1 Å². The van der Waals surface area contributed by atoms with E-state index < -0.39 is 0 Å². The third kappa shape index (κ3) is 2.68. The molecule has 1 fully saturated rings. The molecular formula is C18H19FN4. The maximum absolute atomic E-state index is 14.3. The molecule has 4 nitrogen and oxygen atoms in total. The molecule has 0 bridgehead atoms. The summed E-state index contributed by atoms with van der Waals surface area (Å²) in [5.41, 5.74) is 3.49. The number of aromatic nitrogens is 2. The SMILES string of the molecule is CN1CCN(c2cc(-c3nc4ccccc4[nH]3)ccc2F)CC1. The summed E-state index contributed by atoms with van der Waals surface area (Å²) in [5.74, 6) is 0.607. The first-order valence-electron chi connectivity index (χ1n) is 7.89. The Balaban J connectivity index is 1.71. The van der Waals surface area contributed by atoms with Gasteiger partial charge in [0.15, 0.2) is 0 Å². The average molecular weight is 310 g/mol. The summed E-state index contributed by atoms with van der Waals surface area (Å²) in [6, 6.07) is 13.1. The first-order chi connectivity index (χ1) is 11.2. The van der Waals surface area contributed by atoms with E-state index in [2.05, 4.69) is 26.8 Å². The van der Waals surface area contributed by atoms with Crippen LogP contribution in [-0.4, -0.2) is 48.1 Å². The Morgan fingerprint density at radius 1 is 1.04 bits per heavy atom. The van der Waals surface area contributed by atoms with Gasteiger partial charge < -0.3 is 14.8 Å². The molecule has 0 saturated carbocycles. The number of H-pyrrole nitrogens is 1. The minimum atomic E-state index is -0.172. The summed E-state index contributed by atoms with van der Waals surface area (Å²) in [6.07, 6.45) is 0. The Kier molecular flexibility index (Phi) is 3.50. The van der Waals surface area contributed by atoms with Crippen molar-refractivity contribution in [3.63, 3.8) is 0 Å². The topological polar surface area (TPSA) is 35.2 Å². The molecule has 1 aliphatic rings. The predicted octanol–water partition coefficient (Wildman–Crippen LogP) is 3.12. The molecule has 5 heteroatoms. The zero-order valence-electron chi connectivity index (χ0n) is 13.1. The Morgan fingerprint density at radius 3 is 2.61 bits per heavy atom. The van der Waals surface area contributed by atoms with E-state index in [0.717, 1.165) is 48.6 Å². The summed E-state index contributed by atoms with van der Waals surface area (Å²) in [7, 11) is 2.10. The van der Waals surface area contributed by atoms with E-state index in [-0.39, 0.29) is 5.82 Å². The van der Waals surface area contributed by atoms with Crippen LogP contribution in [0.5, 0.6) is 0 Å². The van der Waals surface area contributed by atoms with Crippen LogP contribution in [0.3, 0.4) is 0 Å². The third-order valence-electron chi connectivity index (χ3n) is 4.45. The molecular weight excluding hydrogens is 291 g/mol. The number of likely N-dealkylation sites (N-methyl/N-ethyl adjacent to an activating group) is 1. The van der Waals surface area contributed by atoms with E-state index in [9.17, 15) is 4.39 Å². The van der Waals surface area contributed by atoms with Gasteiger partial charge >= 0.3 is 0 Å². The number of aromatic amines is 1. The molecule has 1 aromatic heterocycles. The number of imidazole rings is 1. The summed E-state index contributed by atoms with van der Waals surface area (Å²) in [6.45, 7) is 3.59. The van der Waals surface area contributed by atoms with Crippen LogP contribution in [0.25, 0.3) is 22.4 Å². The quantitative estimate of drug-likeness (QED) is 0.790. The zero-order valence-corrected chi connectivity index (χ0v) is 13.1. The summed E-state index contributed by atoms with van der Waals surface area (Å²) in [4.78, 5) is 12.3. The van der Waals surface area contributed by atoms with Gasteiger partial charge in [-0.25, -0.2) is 9.37 Å². The van der Waals surface area contributed by atoms with E-state index in [4.69, 9.17) is 0 Å². The van der Waals surface area contributed by atoms with Gasteiger partial charge in [0, 0.05) is 31.7 Å². The monoisotopic (exact) mass is 310 g/mol. The number of halogens is 1. The van der Waals surface area contributed by atoms with E-state index in [1.807, 2.05) is 30.3 Å². The largest absolute Gasteiger partial charge is 0.367 e. The third-order valence-corrected chi connectivity index (χ3v) is 4.45. The molecule has 0 unspecified atom stereocenters. The van der Waals surface area contributed by atoms with Gasteiger partial charge in [-0.2, -0.15) is 0 Å². The molecule has 0 aliphatic carbocycles. The number of hydrogen-bond donors (Lipinski definition) is 1. The van der Waals surface area contributed by atoms with Gasteiger partial charge in [0.25, 0.3) is 0 Å². The molecule has 2 aromatic carbocycles. The number of anilines is 1. The van der Waals surface area contributed by atoms with Gasteiger partial charge in [-0.15, -0.1) is 0 Å². The fraction of sp³-hybridized carbons (Fsp3) is 0.278. The molecule has 3 aromatic rings. The fourth-order valence-electron chi connectivity index (χ4n) is 3.04. The van der Waals surface area contributed by atoms with E-state index in [1.165, 1.54) is 6.07 Å². The average Bonchev–Trinajstić information content (AvgIpc) is 3.00. The number of nitrogens with one attached hydrogen (secondary N) is 1. The molecule has 0 amide bonds. The lowest BCUT2D eigenvalue weighted by atomic mass is 10.1. The molecule has 0 radical (unpaired) electrons. The maximum atomic E-state index is 14.3. The molecule has 118 valence electrons. The van der Waals surface area contributed by atoms with Crippen LogP contribution >= 0.6 is 0 Å². The molecule has 0 atom stereocenters. The van der Waals surface area contributed by atoms with Crippen LogP contribution in [0.1, 0.15) is 0 Å². The molecule has 0 spiro atoms. The molecule has 4 rings (SSSR count). The molecule has 1 saturated heterocycles. The van der Waals surface area contributed by atoms with E-state index in [1.54, 1.807) is 6.07 Å². The van der Waals surface area contributed by atoms with Gasteiger partial charge in [0.2, 0.25) is 0 Å². The molecule has 2 heterocycles. The lowest BCUT2D eigenvalue weighted by molar-refractivity contribution is 0.311. The zero-order chi connectivity index (χ0) is 15.8. The van der Waals surface area contributed by atoms with Crippen molar-refractivity contribution in [2.24, 2.45) is 0 Å². The number of nitrogens with zero attached hydrogens (tertiary/aromatic N) is 3. The van der Waals surface area contributed by atoms with Crippen molar-refractivity contribution in [3.05, 3.63) is 48.3 Å². The highest BCUT2D eigenvalue weighted by atomic mass is 19.1. The van der Waals surface area contributed by atoms with Gasteiger partial charge in [-0.05, 0) is 37.4 Å². The minimum absolute atomic E-state index is 0.172. The van der Waals surface area contributed by atoms with Crippen molar-refractivity contribution in [2.45, 2.75) is 0 Å². The van der Waals surface area contributed by atoms with Gasteiger partial charge in [-0.1, -0.05) is 12.1 Å². The van der Waals surface area contributed by atoms with E-state index in [0.29, 0.717) is 5.69 Å². The van der Waals surface area contributed by atoms with Gasteiger partial charge in [-0.3, -0.25) is 0 Å². The molecule has 23 heavy (non-hydrogen) atoms. The van der Waals surface area contributed by atoms with Crippen LogP contribution in [0.15, 0.2) is 42.5 Å². The van der Waals surface area contributed by atoms with Crippen molar-refractivity contribution < 1.29 is 4.39 Å². The first kappa shape index (κ1) is 14.2. The Morgan fingerprint density at radius 2 is 1.83 bits per heavy atom. The number of benzene rings is 2. The van der Waals surface area contributed by atoms with Crippen LogP contribution in [0.4, 0.5) is 10.1 Å². The van der Waals surface area contributed by atoms with E-state index >= 15 is 0 Å². The summed E-state index contributed by atoms with van der Waals surface area (Å²) >= 11 is 0. The second-order valence-corrected chi connectivity index (χ2v) is 6.06. The van der Waals surface area contributed by atoms with Crippen molar-refractivity contribution in [1.82, 2.24) is 14.9 Å². The van der Waals surface area contributed by atoms with Crippen LogP contribution in [-0.2, 0) is 0 Å². The molecule has 1 N–H and O–H groups in total. The summed E-state index contributed by atoms with van der Waals surface area (Å²) < 4.78 is 14.3. The van der Waals surface area contributed by atoms with Crippen molar-refractivity contribution >= 4 is 16.7 Å². The fourth-order valence-corrected chi connectivity index (χ4v) is 3.04. The smallest absolute Gasteiger partial charge is 0.146 e. The highest BCUT2D eigenvalue weighted by molar-refractivity contribution is 5.79. The minimum Gasteiger partial charge on any atom is -0.367 e. The number of rotatable bonds is 2. The Bertz CT molecular complexity index is 801. The predicted molar refractivity (Wildman–Crippen MR) is 91.2 cm³/mol. The molecule has 1 aliphatic heterocycles. The van der Waals surface area contributed by atoms with Crippen LogP contribution in [0, 0.1) is 5.82 Å². The van der Waals surface area contributed by atoms with Gasteiger partial charge in [0.1, 0.15) is 11.6 Å². The lowest BCUT2D eigenvalue weighted by Crippen LogP contribution is -2.44. The Hall–Kier alpha value is -2.40. The number of piperazine rings is 1. The van der Waals surface area contributed by atoms with Crippen LogP contribution in [0.2, 0.25) is 0 Å². The van der Waals surface area contributed by atoms with Crippen molar-refractivity contribution in [1.29, 1.82) is 0 Å². The highest BCUT2D eigenvalue weighted by Gasteiger charge is 2.18. The lowest BCUT2D eigenvalue weighted by Gasteiger charge is -2.34. The second kappa shape index (κ2) is 5.66. The standard InChI is InChI=1S/C18H19FN4/c1-22-8-10-23(11-9-22)17-12-13(6-7-14(17)19)18-20-15-4-2-3-5-16(15)21-18/h2-7,12H,8-11H2,1H3,(H,20,21). The van der Waals surface area contributed by atoms with Crippen molar-refractivity contribution in [3.8, 4) is 11.4 Å². The first-order valence-corrected chi connectivity index (χ1v) is 7.89. The number of fused-ring (bicyclic) bond motifs is 1. The van der Waals surface area contributed by atoms with Gasteiger partial charge in [0.05, 0.1) is 16.7 Å². The highest BCUT2D eigenvalue weighted by Crippen LogP contribution is 2.28. The number of para-hydroxylation sites is 2. The van der Waals surface area contributed by atoms with Crippen LogP contribution < -0.4 is 4.90 Å². The second-order valence-electron chi connectivity index (χ2n) is 6.06. The summed E-state index contributed by atoms with van der Waals surface area (Å²) in [5, 5.41) is 0. The number of hydrogen-bond acceptors (Lipinski definition) is 3. The Labute approximate surface area is 134 Å².